The van der Waals surface area contributed by atoms with Gasteiger partial charge in [0.05, 0.1) is 14.2 Å². The maximum Gasteiger partial charge on any atom is 0.222 e. The van der Waals surface area contributed by atoms with Crippen LogP contribution < -0.4 is 9.47 Å². The lowest BCUT2D eigenvalue weighted by Crippen LogP contribution is -2.28. The van der Waals surface area contributed by atoms with Crippen LogP contribution in [0, 0.1) is 5.92 Å². The fraction of sp³-hybridized carbons (Fsp3) is 0.562. The number of hydrogen-bond donors (Lipinski definition) is 0. The molecule has 0 radical (unpaired) electrons. The highest BCUT2D eigenvalue weighted by atomic mass is 16.5. The summed E-state index contributed by atoms with van der Waals surface area (Å²) in [6, 6.07) is 5.71. The number of rotatable bonds is 6. The van der Waals surface area contributed by atoms with Crippen molar-refractivity contribution < 1.29 is 19.0 Å². The van der Waals surface area contributed by atoms with E-state index in [9.17, 15) is 4.79 Å². The molecule has 1 fully saturated rings. The van der Waals surface area contributed by atoms with Gasteiger partial charge in [0.15, 0.2) is 11.5 Å². The molecule has 0 unspecified atom stereocenters. The summed E-state index contributed by atoms with van der Waals surface area (Å²) in [4.78, 5) is 13.9. The van der Waals surface area contributed by atoms with E-state index < -0.39 is 0 Å². The fourth-order valence-corrected chi connectivity index (χ4v) is 2.49. The van der Waals surface area contributed by atoms with Gasteiger partial charge in [-0.2, -0.15) is 0 Å². The average Bonchev–Trinajstić information content (AvgIpc) is 2.99. The van der Waals surface area contributed by atoms with Crippen LogP contribution in [0.4, 0.5) is 0 Å². The monoisotopic (exact) mass is 293 g/mol. The van der Waals surface area contributed by atoms with Crippen LogP contribution in [-0.2, 0) is 16.1 Å². The van der Waals surface area contributed by atoms with Gasteiger partial charge in [-0.05, 0) is 30.0 Å². The first-order valence-corrected chi connectivity index (χ1v) is 7.16. The zero-order valence-corrected chi connectivity index (χ0v) is 12.9. The van der Waals surface area contributed by atoms with Gasteiger partial charge in [-0.25, -0.2) is 0 Å². The molecule has 0 aromatic heterocycles. The van der Waals surface area contributed by atoms with Crippen LogP contribution in [0.15, 0.2) is 18.2 Å². The number of methoxy groups -OCH3 is 2. The lowest BCUT2D eigenvalue weighted by atomic mass is 10.0. The minimum atomic E-state index is 0.153. The Hall–Kier alpha value is -1.75. The Morgan fingerprint density at radius 3 is 2.71 bits per heavy atom. The van der Waals surface area contributed by atoms with Crippen LogP contribution >= 0.6 is 0 Å². The molecule has 2 rings (SSSR count). The van der Waals surface area contributed by atoms with E-state index in [4.69, 9.17) is 14.2 Å². The number of benzene rings is 1. The molecule has 1 aromatic carbocycles. The first kappa shape index (κ1) is 15.6. The minimum absolute atomic E-state index is 0.153. The SMILES string of the molecule is COc1ccc(CN(C)C(=O)C[C@@H]2CCOC2)cc1OC. The summed E-state index contributed by atoms with van der Waals surface area (Å²) in [5.74, 6) is 1.89. The predicted molar refractivity (Wildman–Crippen MR) is 79.6 cm³/mol. The van der Waals surface area contributed by atoms with E-state index in [2.05, 4.69) is 0 Å². The second-order valence-corrected chi connectivity index (χ2v) is 5.37. The third-order valence-electron chi connectivity index (χ3n) is 3.78. The number of carbonyl (C=O) groups excluding carboxylic acids is 1. The quantitative estimate of drug-likeness (QED) is 0.806. The molecule has 21 heavy (non-hydrogen) atoms. The second-order valence-electron chi connectivity index (χ2n) is 5.37. The molecule has 0 spiro atoms. The molecule has 5 heteroatoms. The molecule has 1 amide bonds. The van der Waals surface area contributed by atoms with Crippen molar-refractivity contribution in [3.8, 4) is 11.5 Å². The maximum atomic E-state index is 12.2. The Bertz CT molecular complexity index is 483. The van der Waals surface area contributed by atoms with Gasteiger partial charge in [-0.3, -0.25) is 4.79 Å². The zero-order valence-electron chi connectivity index (χ0n) is 12.9. The topological polar surface area (TPSA) is 48.0 Å². The van der Waals surface area contributed by atoms with Gasteiger partial charge >= 0.3 is 0 Å². The molecule has 5 nitrogen and oxygen atoms in total. The first-order valence-electron chi connectivity index (χ1n) is 7.16. The number of amides is 1. The van der Waals surface area contributed by atoms with Crippen LogP contribution in [0.2, 0.25) is 0 Å². The zero-order chi connectivity index (χ0) is 15.2. The van der Waals surface area contributed by atoms with Crippen LogP contribution in [0.5, 0.6) is 11.5 Å². The number of nitrogens with zero attached hydrogens (tertiary/aromatic N) is 1. The molecule has 1 heterocycles. The largest absolute Gasteiger partial charge is 0.493 e. The third kappa shape index (κ3) is 4.11. The molecule has 1 saturated heterocycles. The van der Waals surface area contributed by atoms with E-state index in [0.29, 0.717) is 37.0 Å². The second kappa shape index (κ2) is 7.31. The smallest absolute Gasteiger partial charge is 0.222 e. The molecule has 0 N–H and O–H groups in total. The molecule has 0 saturated carbocycles. The van der Waals surface area contributed by atoms with Gasteiger partial charge in [0, 0.05) is 33.2 Å². The molecule has 1 aromatic rings. The van der Waals surface area contributed by atoms with Crippen molar-refractivity contribution in [2.45, 2.75) is 19.4 Å². The van der Waals surface area contributed by atoms with Crippen molar-refractivity contribution in [3.05, 3.63) is 23.8 Å². The number of hydrogen-bond acceptors (Lipinski definition) is 4. The van der Waals surface area contributed by atoms with Gasteiger partial charge in [-0.15, -0.1) is 0 Å². The summed E-state index contributed by atoms with van der Waals surface area (Å²) in [5, 5.41) is 0. The maximum absolute atomic E-state index is 12.2. The van der Waals surface area contributed by atoms with Crippen molar-refractivity contribution in [3.63, 3.8) is 0 Å². The first-order chi connectivity index (χ1) is 10.1. The summed E-state index contributed by atoms with van der Waals surface area (Å²) in [5.41, 5.74) is 1.02. The van der Waals surface area contributed by atoms with E-state index in [0.717, 1.165) is 18.6 Å². The Labute approximate surface area is 125 Å². The van der Waals surface area contributed by atoms with Crippen molar-refractivity contribution in [2.75, 3.05) is 34.5 Å². The Kier molecular flexibility index (Phi) is 5.44. The van der Waals surface area contributed by atoms with Crippen LogP contribution in [0.3, 0.4) is 0 Å². The highest BCUT2D eigenvalue weighted by Crippen LogP contribution is 2.28. The molecule has 1 atom stereocenters. The summed E-state index contributed by atoms with van der Waals surface area (Å²) >= 11 is 0. The minimum Gasteiger partial charge on any atom is -0.493 e. The molecule has 116 valence electrons. The van der Waals surface area contributed by atoms with Gasteiger partial charge in [0.25, 0.3) is 0 Å². The number of carbonyl (C=O) groups is 1. The van der Waals surface area contributed by atoms with E-state index in [1.807, 2.05) is 25.2 Å². The average molecular weight is 293 g/mol. The summed E-state index contributed by atoms with van der Waals surface area (Å²) in [7, 11) is 5.04. The highest BCUT2D eigenvalue weighted by molar-refractivity contribution is 5.76. The molecular formula is C16H23NO4. The molecule has 0 bridgehead atoms. The van der Waals surface area contributed by atoms with Gasteiger partial charge in [-0.1, -0.05) is 6.07 Å². The third-order valence-corrected chi connectivity index (χ3v) is 3.78. The van der Waals surface area contributed by atoms with Gasteiger partial charge in [0.2, 0.25) is 5.91 Å². The molecule has 1 aliphatic rings. The lowest BCUT2D eigenvalue weighted by molar-refractivity contribution is -0.131. The fourth-order valence-electron chi connectivity index (χ4n) is 2.49. The van der Waals surface area contributed by atoms with E-state index in [1.54, 1.807) is 19.1 Å². The number of ether oxygens (including phenoxy) is 3. The summed E-state index contributed by atoms with van der Waals surface area (Å²) in [6.07, 6.45) is 1.54. The van der Waals surface area contributed by atoms with Crippen LogP contribution in [0.25, 0.3) is 0 Å². The predicted octanol–water partition coefficient (Wildman–Crippen LogP) is 2.09. The summed E-state index contributed by atoms with van der Waals surface area (Å²) in [6.45, 7) is 2.04. The van der Waals surface area contributed by atoms with Crippen LogP contribution in [0.1, 0.15) is 18.4 Å². The van der Waals surface area contributed by atoms with E-state index >= 15 is 0 Å². The standard InChI is InChI=1S/C16H23NO4/c1-17(16(18)9-13-6-7-21-11-13)10-12-4-5-14(19-2)15(8-12)20-3/h4-5,8,13H,6-7,9-11H2,1-3H3/t13-/m0/s1. The Morgan fingerprint density at radius 1 is 1.33 bits per heavy atom. The van der Waals surface area contributed by atoms with Gasteiger partial charge < -0.3 is 19.1 Å². The van der Waals surface area contributed by atoms with Crippen molar-refractivity contribution >= 4 is 5.91 Å². The van der Waals surface area contributed by atoms with Crippen molar-refractivity contribution in [2.24, 2.45) is 5.92 Å². The molecule has 1 aliphatic heterocycles. The van der Waals surface area contributed by atoms with Crippen molar-refractivity contribution in [1.82, 2.24) is 4.90 Å². The normalized spacial score (nSPS) is 17.6. The molecule has 0 aliphatic carbocycles. The Morgan fingerprint density at radius 2 is 2.10 bits per heavy atom. The van der Waals surface area contributed by atoms with Gasteiger partial charge in [0.1, 0.15) is 0 Å². The highest BCUT2D eigenvalue weighted by Gasteiger charge is 2.21. The lowest BCUT2D eigenvalue weighted by Gasteiger charge is -2.19. The Balaban J connectivity index is 1.94. The van der Waals surface area contributed by atoms with Crippen molar-refractivity contribution in [1.29, 1.82) is 0 Å². The van der Waals surface area contributed by atoms with Crippen LogP contribution in [-0.4, -0.2) is 45.3 Å². The van der Waals surface area contributed by atoms with E-state index in [-0.39, 0.29) is 5.91 Å². The summed E-state index contributed by atoms with van der Waals surface area (Å²) < 4.78 is 15.8. The van der Waals surface area contributed by atoms with E-state index in [1.165, 1.54) is 0 Å². The molecular weight excluding hydrogens is 270 g/mol.